The van der Waals surface area contributed by atoms with Gasteiger partial charge in [-0.25, -0.2) is 4.79 Å². The third-order valence-corrected chi connectivity index (χ3v) is 3.79. The Labute approximate surface area is 91.8 Å². The quantitative estimate of drug-likeness (QED) is 0.782. The van der Waals surface area contributed by atoms with Gasteiger partial charge in [-0.15, -0.1) is 0 Å². The maximum Gasteiger partial charge on any atom is 0.333 e. The molecule has 0 bridgehead atoms. The van der Waals surface area contributed by atoms with E-state index in [2.05, 4.69) is 0 Å². The summed E-state index contributed by atoms with van der Waals surface area (Å²) in [5.41, 5.74) is -0.263. The standard InChI is InChI=1S/C12H22O3/c1-12(2,10(15-3)11(13)14)9-7-5-4-6-8-9/h9-10H,4-8H2,1-3H3,(H,13,14). The Hall–Kier alpha value is -0.570. The fourth-order valence-corrected chi connectivity index (χ4v) is 2.78. The Morgan fingerprint density at radius 2 is 1.87 bits per heavy atom. The van der Waals surface area contributed by atoms with Crippen LogP contribution in [0.15, 0.2) is 0 Å². The van der Waals surface area contributed by atoms with Crippen LogP contribution in [0, 0.1) is 11.3 Å². The minimum absolute atomic E-state index is 0.263. The van der Waals surface area contributed by atoms with Crippen molar-refractivity contribution in [3.05, 3.63) is 0 Å². The summed E-state index contributed by atoms with van der Waals surface area (Å²) in [6.45, 7) is 4.04. The number of carbonyl (C=O) groups is 1. The average molecular weight is 214 g/mol. The number of methoxy groups -OCH3 is 1. The maximum absolute atomic E-state index is 11.1. The summed E-state index contributed by atoms with van der Waals surface area (Å²) >= 11 is 0. The summed E-state index contributed by atoms with van der Waals surface area (Å²) < 4.78 is 5.13. The van der Waals surface area contributed by atoms with E-state index in [-0.39, 0.29) is 5.41 Å². The van der Waals surface area contributed by atoms with E-state index in [4.69, 9.17) is 9.84 Å². The summed E-state index contributed by atoms with van der Waals surface area (Å²) in [6.07, 6.45) is 5.34. The van der Waals surface area contributed by atoms with Crippen LogP contribution >= 0.6 is 0 Å². The summed E-state index contributed by atoms with van der Waals surface area (Å²) in [4.78, 5) is 11.1. The lowest BCUT2D eigenvalue weighted by atomic mass is 9.68. The van der Waals surface area contributed by atoms with Crippen LogP contribution in [0.3, 0.4) is 0 Å². The molecular weight excluding hydrogens is 192 g/mol. The van der Waals surface area contributed by atoms with Crippen LogP contribution in [0.1, 0.15) is 46.0 Å². The van der Waals surface area contributed by atoms with Crippen molar-refractivity contribution in [3.8, 4) is 0 Å². The topological polar surface area (TPSA) is 46.5 Å². The molecule has 1 atom stereocenters. The zero-order chi connectivity index (χ0) is 11.5. The van der Waals surface area contributed by atoms with Gasteiger partial charge in [0.1, 0.15) is 0 Å². The molecule has 1 aliphatic carbocycles. The number of carboxylic acid groups (broad SMARTS) is 1. The van der Waals surface area contributed by atoms with Gasteiger partial charge in [0.15, 0.2) is 6.10 Å². The van der Waals surface area contributed by atoms with Gasteiger partial charge in [-0.05, 0) is 18.8 Å². The Bertz CT molecular complexity index is 217. The molecule has 0 aliphatic heterocycles. The molecule has 1 N–H and O–H groups in total. The summed E-state index contributed by atoms with van der Waals surface area (Å²) in [6, 6.07) is 0. The predicted molar refractivity (Wildman–Crippen MR) is 58.8 cm³/mol. The van der Waals surface area contributed by atoms with Crippen LogP contribution in [0.5, 0.6) is 0 Å². The first-order valence-electron chi connectivity index (χ1n) is 5.75. The number of rotatable bonds is 4. The first-order valence-corrected chi connectivity index (χ1v) is 5.75. The predicted octanol–water partition coefficient (Wildman–Crippen LogP) is 2.69. The monoisotopic (exact) mass is 214 g/mol. The largest absolute Gasteiger partial charge is 0.479 e. The van der Waals surface area contributed by atoms with E-state index in [1.807, 2.05) is 13.8 Å². The lowest BCUT2D eigenvalue weighted by Gasteiger charge is -2.40. The second kappa shape index (κ2) is 4.97. The minimum atomic E-state index is -0.840. The van der Waals surface area contributed by atoms with Gasteiger partial charge in [0, 0.05) is 12.5 Å². The minimum Gasteiger partial charge on any atom is -0.479 e. The Kier molecular flexibility index (Phi) is 4.14. The normalized spacial score (nSPS) is 21.3. The van der Waals surface area contributed by atoms with E-state index < -0.39 is 12.1 Å². The van der Waals surface area contributed by atoms with Gasteiger partial charge < -0.3 is 9.84 Å². The zero-order valence-corrected chi connectivity index (χ0v) is 9.95. The molecule has 0 aromatic rings. The van der Waals surface area contributed by atoms with Crippen molar-refractivity contribution in [2.24, 2.45) is 11.3 Å². The zero-order valence-electron chi connectivity index (χ0n) is 9.95. The van der Waals surface area contributed by atoms with Gasteiger partial charge in [0.2, 0.25) is 0 Å². The summed E-state index contributed by atoms with van der Waals surface area (Å²) in [5.74, 6) is -0.361. The molecule has 0 heterocycles. The SMILES string of the molecule is COC(C(=O)O)C(C)(C)C1CCCCC1. The fourth-order valence-electron chi connectivity index (χ4n) is 2.78. The highest BCUT2D eigenvalue weighted by Crippen LogP contribution is 2.41. The van der Waals surface area contributed by atoms with Crippen LogP contribution in [0.25, 0.3) is 0 Å². The highest BCUT2D eigenvalue weighted by Gasteiger charge is 2.41. The van der Waals surface area contributed by atoms with Crippen molar-refractivity contribution < 1.29 is 14.6 Å². The van der Waals surface area contributed by atoms with Gasteiger partial charge in [0.25, 0.3) is 0 Å². The number of hydrogen-bond acceptors (Lipinski definition) is 2. The molecule has 15 heavy (non-hydrogen) atoms. The molecule has 0 aromatic carbocycles. The Morgan fingerprint density at radius 1 is 1.33 bits per heavy atom. The molecule has 0 aromatic heterocycles. The van der Waals surface area contributed by atoms with Crippen LogP contribution in [0.4, 0.5) is 0 Å². The highest BCUT2D eigenvalue weighted by atomic mass is 16.5. The van der Waals surface area contributed by atoms with Crippen molar-refractivity contribution in [2.75, 3.05) is 7.11 Å². The average Bonchev–Trinajstić information content (AvgIpc) is 2.19. The van der Waals surface area contributed by atoms with E-state index in [1.54, 1.807) is 0 Å². The van der Waals surface area contributed by atoms with Crippen molar-refractivity contribution in [1.29, 1.82) is 0 Å². The first kappa shape index (κ1) is 12.5. The molecule has 1 saturated carbocycles. The van der Waals surface area contributed by atoms with E-state index in [1.165, 1.54) is 26.4 Å². The lowest BCUT2D eigenvalue weighted by Crippen LogP contribution is -2.43. The molecule has 3 nitrogen and oxygen atoms in total. The molecule has 1 unspecified atom stereocenters. The smallest absolute Gasteiger partial charge is 0.333 e. The third kappa shape index (κ3) is 2.71. The highest BCUT2D eigenvalue weighted by molar-refractivity contribution is 5.73. The van der Waals surface area contributed by atoms with Crippen molar-refractivity contribution in [3.63, 3.8) is 0 Å². The molecule has 0 radical (unpaired) electrons. The van der Waals surface area contributed by atoms with E-state index in [0.717, 1.165) is 12.8 Å². The molecule has 88 valence electrons. The Morgan fingerprint density at radius 3 is 2.27 bits per heavy atom. The summed E-state index contributed by atoms with van der Waals surface area (Å²) in [7, 11) is 1.49. The van der Waals surface area contributed by atoms with Gasteiger partial charge in [-0.3, -0.25) is 0 Å². The summed E-state index contributed by atoms with van der Waals surface area (Å²) in [5, 5.41) is 9.11. The van der Waals surface area contributed by atoms with Crippen LogP contribution in [-0.2, 0) is 9.53 Å². The van der Waals surface area contributed by atoms with Gasteiger partial charge in [0.05, 0.1) is 0 Å². The van der Waals surface area contributed by atoms with Gasteiger partial charge >= 0.3 is 5.97 Å². The van der Waals surface area contributed by atoms with E-state index in [9.17, 15) is 4.79 Å². The Balaban J connectivity index is 2.73. The molecule has 3 heteroatoms. The molecule has 0 amide bonds. The van der Waals surface area contributed by atoms with Crippen LogP contribution < -0.4 is 0 Å². The van der Waals surface area contributed by atoms with Crippen molar-refractivity contribution in [1.82, 2.24) is 0 Å². The molecule has 1 rings (SSSR count). The van der Waals surface area contributed by atoms with Crippen molar-refractivity contribution >= 4 is 5.97 Å². The van der Waals surface area contributed by atoms with E-state index in [0.29, 0.717) is 5.92 Å². The number of aliphatic carboxylic acids is 1. The van der Waals surface area contributed by atoms with Crippen LogP contribution in [0.2, 0.25) is 0 Å². The second-order valence-electron chi connectivity index (χ2n) is 5.11. The fraction of sp³-hybridized carbons (Fsp3) is 0.917. The third-order valence-electron chi connectivity index (χ3n) is 3.79. The number of carboxylic acids is 1. The second-order valence-corrected chi connectivity index (χ2v) is 5.11. The van der Waals surface area contributed by atoms with E-state index >= 15 is 0 Å². The molecule has 1 fully saturated rings. The lowest BCUT2D eigenvalue weighted by molar-refractivity contribution is -0.159. The first-order chi connectivity index (χ1) is 7.00. The number of ether oxygens (including phenoxy) is 1. The van der Waals surface area contributed by atoms with Crippen LogP contribution in [-0.4, -0.2) is 24.3 Å². The molecular formula is C12H22O3. The van der Waals surface area contributed by atoms with Crippen molar-refractivity contribution in [2.45, 2.75) is 52.1 Å². The molecule has 1 aliphatic rings. The molecule has 0 spiro atoms. The van der Waals surface area contributed by atoms with Gasteiger partial charge in [-0.2, -0.15) is 0 Å². The number of hydrogen-bond donors (Lipinski definition) is 1. The van der Waals surface area contributed by atoms with Gasteiger partial charge in [-0.1, -0.05) is 33.1 Å². The maximum atomic E-state index is 11.1. The molecule has 0 saturated heterocycles.